The van der Waals surface area contributed by atoms with Gasteiger partial charge in [-0.25, -0.2) is 4.98 Å². The average molecular weight is 572 g/mol. The van der Waals surface area contributed by atoms with E-state index in [1.807, 2.05) is 24.3 Å². The Morgan fingerprint density at radius 2 is 1.82 bits per heavy atom. The highest BCUT2D eigenvalue weighted by Crippen LogP contribution is 2.28. The lowest BCUT2D eigenvalue weighted by Crippen LogP contribution is -2.20. The van der Waals surface area contributed by atoms with E-state index in [1.54, 1.807) is 31.2 Å². The minimum absolute atomic E-state index is 0.144. The predicted octanol–water partition coefficient (Wildman–Crippen LogP) is 5.60. The van der Waals surface area contributed by atoms with Crippen molar-refractivity contribution in [2.75, 3.05) is 0 Å². The Balaban J connectivity index is 1.62. The Kier molecular flexibility index (Phi) is 6.66. The molecule has 0 aliphatic carbocycles. The molecular formula is C23H16Br2N4O4. The zero-order valence-electron chi connectivity index (χ0n) is 17.2. The first-order valence-corrected chi connectivity index (χ1v) is 11.3. The first kappa shape index (κ1) is 22.8. The number of nitro groups is 1. The van der Waals surface area contributed by atoms with Crippen LogP contribution in [-0.2, 0) is 6.61 Å². The van der Waals surface area contributed by atoms with Crippen molar-refractivity contribution in [3.63, 3.8) is 0 Å². The summed E-state index contributed by atoms with van der Waals surface area (Å²) in [5.41, 5.74) is 1.36. The number of nitro benzene ring substituents is 1. The van der Waals surface area contributed by atoms with Gasteiger partial charge in [-0.1, -0.05) is 44.0 Å². The number of benzene rings is 3. The van der Waals surface area contributed by atoms with E-state index in [-0.39, 0.29) is 23.6 Å². The van der Waals surface area contributed by atoms with Crippen molar-refractivity contribution in [1.29, 1.82) is 0 Å². The third-order valence-corrected chi connectivity index (χ3v) is 5.80. The summed E-state index contributed by atoms with van der Waals surface area (Å²) in [6.45, 7) is 1.86. The summed E-state index contributed by atoms with van der Waals surface area (Å²) in [6.07, 6.45) is 1.38. The van der Waals surface area contributed by atoms with Gasteiger partial charge in [-0.15, -0.1) is 0 Å². The highest BCUT2D eigenvalue weighted by molar-refractivity contribution is 9.10. The van der Waals surface area contributed by atoms with E-state index >= 15 is 0 Å². The Hall–Kier alpha value is -3.37. The van der Waals surface area contributed by atoms with Gasteiger partial charge in [-0.05, 0) is 55.0 Å². The third kappa shape index (κ3) is 5.18. The summed E-state index contributed by atoms with van der Waals surface area (Å²) < 4.78 is 8.52. The molecular weight excluding hydrogens is 556 g/mol. The van der Waals surface area contributed by atoms with Crippen LogP contribution < -0.4 is 10.3 Å². The van der Waals surface area contributed by atoms with Gasteiger partial charge >= 0.3 is 5.69 Å². The Bertz CT molecular complexity index is 1450. The molecule has 166 valence electrons. The fourth-order valence-electron chi connectivity index (χ4n) is 3.14. The van der Waals surface area contributed by atoms with Crippen molar-refractivity contribution in [1.82, 2.24) is 9.66 Å². The lowest BCUT2D eigenvalue weighted by molar-refractivity contribution is -0.385. The van der Waals surface area contributed by atoms with Gasteiger partial charge in [0, 0.05) is 20.6 Å². The highest BCUT2D eigenvalue weighted by Gasteiger charge is 2.16. The maximum absolute atomic E-state index is 12.9. The number of aromatic nitrogens is 2. The van der Waals surface area contributed by atoms with Crippen LogP contribution in [0.25, 0.3) is 10.9 Å². The standard InChI is InChI=1S/C23H16Br2N4O4/c1-14-27-20-8-7-18(25)11-19(20)23(30)28(14)26-12-16-4-9-22(21(10-16)29(31)32)33-13-15-2-5-17(24)6-3-15/h2-12H,13H2,1H3. The quantitative estimate of drug-likeness (QED) is 0.170. The zero-order valence-corrected chi connectivity index (χ0v) is 20.4. The lowest BCUT2D eigenvalue weighted by Gasteiger charge is -2.08. The van der Waals surface area contributed by atoms with Crippen LogP contribution in [0.5, 0.6) is 5.75 Å². The number of halogens is 2. The molecule has 0 spiro atoms. The summed E-state index contributed by atoms with van der Waals surface area (Å²) >= 11 is 6.72. The second-order valence-electron chi connectivity index (χ2n) is 7.08. The minimum atomic E-state index is -0.513. The van der Waals surface area contributed by atoms with Crippen LogP contribution in [0, 0.1) is 17.0 Å². The van der Waals surface area contributed by atoms with Crippen LogP contribution in [0.3, 0.4) is 0 Å². The molecule has 0 unspecified atom stereocenters. The Labute approximate surface area is 204 Å². The maximum Gasteiger partial charge on any atom is 0.311 e. The summed E-state index contributed by atoms with van der Waals surface area (Å²) in [5.74, 6) is 0.542. The fraction of sp³-hybridized carbons (Fsp3) is 0.0870. The molecule has 0 amide bonds. The summed E-state index contributed by atoms with van der Waals surface area (Å²) in [5, 5.41) is 16.2. The molecule has 33 heavy (non-hydrogen) atoms. The first-order chi connectivity index (χ1) is 15.8. The van der Waals surface area contributed by atoms with E-state index in [9.17, 15) is 14.9 Å². The van der Waals surface area contributed by atoms with Crippen molar-refractivity contribution in [2.45, 2.75) is 13.5 Å². The van der Waals surface area contributed by atoms with Crippen LogP contribution in [-0.4, -0.2) is 20.8 Å². The number of nitrogens with zero attached hydrogens (tertiary/aromatic N) is 4. The molecule has 1 heterocycles. The third-order valence-electron chi connectivity index (χ3n) is 4.78. The summed E-state index contributed by atoms with van der Waals surface area (Å²) in [7, 11) is 0. The molecule has 0 N–H and O–H groups in total. The molecule has 0 bridgehead atoms. The Morgan fingerprint density at radius 3 is 2.55 bits per heavy atom. The SMILES string of the molecule is Cc1nc2ccc(Br)cc2c(=O)n1N=Cc1ccc(OCc2ccc(Br)cc2)c([N+](=O)[O-])c1. The van der Waals surface area contributed by atoms with Crippen LogP contribution in [0.1, 0.15) is 17.0 Å². The molecule has 0 saturated heterocycles. The number of ether oxygens (including phenoxy) is 1. The van der Waals surface area contributed by atoms with Gasteiger partial charge in [0.2, 0.25) is 0 Å². The van der Waals surface area contributed by atoms with Crippen LogP contribution in [0.15, 0.2) is 79.5 Å². The second-order valence-corrected chi connectivity index (χ2v) is 8.91. The average Bonchev–Trinajstić information content (AvgIpc) is 2.79. The largest absolute Gasteiger partial charge is 0.482 e. The van der Waals surface area contributed by atoms with Crippen molar-refractivity contribution >= 4 is 54.7 Å². The van der Waals surface area contributed by atoms with Crippen LogP contribution in [0.4, 0.5) is 5.69 Å². The molecule has 4 aromatic rings. The van der Waals surface area contributed by atoms with Gasteiger partial charge in [0.25, 0.3) is 5.56 Å². The normalized spacial score (nSPS) is 11.2. The predicted molar refractivity (Wildman–Crippen MR) is 133 cm³/mol. The number of fused-ring (bicyclic) bond motifs is 1. The van der Waals surface area contributed by atoms with Crippen molar-refractivity contribution in [2.24, 2.45) is 5.10 Å². The fourth-order valence-corrected chi connectivity index (χ4v) is 3.77. The van der Waals surface area contributed by atoms with Gasteiger partial charge in [0.15, 0.2) is 5.75 Å². The van der Waals surface area contributed by atoms with E-state index < -0.39 is 4.92 Å². The van der Waals surface area contributed by atoms with E-state index in [0.717, 1.165) is 14.5 Å². The maximum atomic E-state index is 12.9. The molecule has 10 heteroatoms. The van der Waals surface area contributed by atoms with E-state index in [1.165, 1.54) is 23.0 Å². The number of hydrogen-bond donors (Lipinski definition) is 0. The van der Waals surface area contributed by atoms with Crippen LogP contribution >= 0.6 is 31.9 Å². The lowest BCUT2D eigenvalue weighted by atomic mass is 10.2. The highest BCUT2D eigenvalue weighted by atomic mass is 79.9. The molecule has 8 nitrogen and oxygen atoms in total. The molecule has 0 saturated carbocycles. The Morgan fingerprint density at radius 1 is 1.09 bits per heavy atom. The van der Waals surface area contributed by atoms with E-state index in [4.69, 9.17) is 4.74 Å². The van der Waals surface area contributed by atoms with Gasteiger partial charge in [0.1, 0.15) is 12.4 Å². The molecule has 0 aliphatic heterocycles. The molecule has 4 rings (SSSR count). The topological polar surface area (TPSA) is 99.6 Å². The van der Waals surface area contributed by atoms with Gasteiger partial charge < -0.3 is 4.74 Å². The van der Waals surface area contributed by atoms with Gasteiger partial charge in [-0.3, -0.25) is 14.9 Å². The number of hydrogen-bond acceptors (Lipinski definition) is 6. The molecule has 3 aromatic carbocycles. The molecule has 0 atom stereocenters. The molecule has 0 fully saturated rings. The molecule has 0 aliphatic rings. The zero-order chi connectivity index (χ0) is 23.5. The second kappa shape index (κ2) is 9.63. The minimum Gasteiger partial charge on any atom is -0.482 e. The van der Waals surface area contributed by atoms with Crippen molar-refractivity contribution in [3.8, 4) is 5.75 Å². The van der Waals surface area contributed by atoms with Crippen molar-refractivity contribution in [3.05, 3.63) is 107 Å². The molecule has 0 radical (unpaired) electrons. The number of aryl methyl sites for hydroxylation is 1. The van der Waals surface area contributed by atoms with Crippen molar-refractivity contribution < 1.29 is 9.66 Å². The monoisotopic (exact) mass is 570 g/mol. The smallest absolute Gasteiger partial charge is 0.311 e. The first-order valence-electron chi connectivity index (χ1n) is 9.71. The van der Waals surface area contributed by atoms with Gasteiger partial charge in [-0.2, -0.15) is 9.78 Å². The summed E-state index contributed by atoms with van der Waals surface area (Å²) in [6, 6.07) is 17.2. The van der Waals surface area contributed by atoms with E-state index in [2.05, 4.69) is 41.9 Å². The van der Waals surface area contributed by atoms with Crippen LogP contribution in [0.2, 0.25) is 0 Å². The van der Waals surface area contributed by atoms with E-state index in [0.29, 0.717) is 22.3 Å². The van der Waals surface area contributed by atoms with Gasteiger partial charge in [0.05, 0.1) is 22.0 Å². The molecule has 1 aromatic heterocycles. The summed E-state index contributed by atoms with van der Waals surface area (Å²) in [4.78, 5) is 28.3. The number of rotatable bonds is 6.